The van der Waals surface area contributed by atoms with Crippen LogP contribution in [0.5, 0.6) is 0 Å². The highest BCUT2D eigenvalue weighted by Crippen LogP contribution is 2.42. The second-order valence-electron chi connectivity index (χ2n) is 9.43. The number of rotatable bonds is 3. The first-order valence-corrected chi connectivity index (χ1v) is 12.1. The molecular weight excluding hydrogens is 402 g/mol. The molecular formula is C31H29NO. The Hall–Kier alpha value is -3.52. The molecule has 33 heavy (non-hydrogen) atoms. The summed E-state index contributed by atoms with van der Waals surface area (Å²) >= 11 is 0. The molecule has 0 amide bonds. The third-order valence-corrected chi connectivity index (χ3v) is 7.35. The lowest BCUT2D eigenvalue weighted by Crippen LogP contribution is -2.19. The monoisotopic (exact) mass is 431 g/mol. The number of allylic oxidation sites excluding steroid dienone is 2. The molecule has 0 radical (unpaired) electrons. The Morgan fingerprint density at radius 1 is 0.939 bits per heavy atom. The van der Waals surface area contributed by atoms with Gasteiger partial charge in [0.2, 0.25) is 0 Å². The van der Waals surface area contributed by atoms with Gasteiger partial charge < -0.3 is 4.58 Å². The van der Waals surface area contributed by atoms with E-state index in [1.807, 2.05) is 4.58 Å². The quantitative estimate of drug-likeness (QED) is 0.181. The van der Waals surface area contributed by atoms with Crippen molar-refractivity contribution in [3.8, 4) is 11.1 Å². The Morgan fingerprint density at radius 3 is 2.58 bits per heavy atom. The first-order valence-electron chi connectivity index (χ1n) is 12.1. The van der Waals surface area contributed by atoms with Crippen molar-refractivity contribution in [2.24, 2.45) is 5.92 Å². The summed E-state index contributed by atoms with van der Waals surface area (Å²) in [5, 5.41) is 2.32. The molecule has 0 unspecified atom stereocenters. The Morgan fingerprint density at radius 2 is 1.76 bits per heavy atom. The van der Waals surface area contributed by atoms with E-state index in [-0.39, 0.29) is 0 Å². The molecule has 0 N–H and O–H groups in total. The summed E-state index contributed by atoms with van der Waals surface area (Å²) in [6, 6.07) is 22.5. The minimum absolute atomic E-state index is 0.651. The third-order valence-electron chi connectivity index (χ3n) is 7.35. The zero-order valence-corrected chi connectivity index (χ0v) is 19.2. The summed E-state index contributed by atoms with van der Waals surface area (Å²) in [7, 11) is 0. The van der Waals surface area contributed by atoms with Crippen molar-refractivity contribution in [1.82, 2.24) is 0 Å². The van der Waals surface area contributed by atoms with Crippen molar-refractivity contribution in [1.29, 1.82) is 0 Å². The van der Waals surface area contributed by atoms with E-state index in [2.05, 4.69) is 92.7 Å². The smallest absolute Gasteiger partial charge is 0.336 e. The molecule has 1 fully saturated rings. The first-order chi connectivity index (χ1) is 16.2. The predicted molar refractivity (Wildman–Crippen MR) is 137 cm³/mol. The van der Waals surface area contributed by atoms with Gasteiger partial charge in [0.15, 0.2) is 0 Å². The normalized spacial score (nSPS) is 17.2. The molecule has 1 aliphatic carbocycles. The molecule has 0 saturated heterocycles. The highest BCUT2D eigenvalue weighted by Gasteiger charge is 2.27. The zero-order chi connectivity index (χ0) is 22.4. The van der Waals surface area contributed by atoms with E-state index in [9.17, 15) is 0 Å². The fourth-order valence-corrected chi connectivity index (χ4v) is 5.57. The lowest BCUT2D eigenvalue weighted by Gasteiger charge is -2.32. The van der Waals surface area contributed by atoms with Crippen LogP contribution in [0.3, 0.4) is 0 Å². The molecule has 164 valence electrons. The van der Waals surface area contributed by atoms with Crippen LogP contribution >= 0.6 is 0 Å². The summed E-state index contributed by atoms with van der Waals surface area (Å²) < 4.78 is 8.70. The fraction of sp³-hybridized carbons (Fsp3) is 0.226. The first kappa shape index (κ1) is 20.1. The van der Waals surface area contributed by atoms with Gasteiger partial charge in [0.05, 0.1) is 23.2 Å². The number of furan rings is 1. The third kappa shape index (κ3) is 3.41. The SMILES string of the molecule is C=[N+]1C=CC(C2CCCCC2)=C[C-]1c1c(C)ccc2c3cccc(-c4ccccc4)c3[o+][c-]12. The van der Waals surface area contributed by atoms with E-state index in [0.717, 1.165) is 39.1 Å². The molecule has 6 rings (SSSR count). The van der Waals surface area contributed by atoms with Gasteiger partial charge in [0.25, 0.3) is 5.58 Å². The second-order valence-corrected chi connectivity index (χ2v) is 9.43. The Bertz CT molecular complexity index is 1410. The maximum Gasteiger partial charge on any atom is 0.352 e. The molecule has 2 heteroatoms. The number of benzene rings is 3. The largest absolute Gasteiger partial charge is 0.352 e. The lowest BCUT2D eigenvalue weighted by atomic mass is 9.81. The molecule has 1 saturated carbocycles. The molecule has 2 heterocycles. The van der Waals surface area contributed by atoms with E-state index in [1.54, 1.807) is 0 Å². The molecule has 4 aromatic rings. The van der Waals surface area contributed by atoms with Gasteiger partial charge in [-0.1, -0.05) is 87.4 Å². The van der Waals surface area contributed by atoms with Crippen molar-refractivity contribution in [3.05, 3.63) is 102 Å². The van der Waals surface area contributed by atoms with Gasteiger partial charge in [-0.15, -0.1) is 29.4 Å². The van der Waals surface area contributed by atoms with Gasteiger partial charge >= 0.3 is 5.58 Å². The molecule has 3 aromatic carbocycles. The van der Waals surface area contributed by atoms with Gasteiger partial charge in [0, 0.05) is 12.1 Å². The topological polar surface area (TPSA) is 14.3 Å². The molecule has 0 atom stereocenters. The minimum atomic E-state index is 0.651. The standard InChI is InChI=1S/C31H29NO/c1-21-16-17-27-26-15-9-14-25(23-12-7-4-8-13-23)30(26)33-31(27)29(21)28-20-24(18-19-32(28)2)22-10-5-3-6-11-22/h4,7-9,12-20,22H,2-3,5-6,10-11H2,1H3. The molecule has 1 aliphatic heterocycles. The molecule has 0 spiro atoms. The van der Waals surface area contributed by atoms with Crippen molar-refractivity contribution in [2.75, 3.05) is 0 Å². The van der Waals surface area contributed by atoms with Gasteiger partial charge in [-0.25, -0.2) is 0 Å². The molecule has 2 nitrogen and oxygen atoms in total. The van der Waals surface area contributed by atoms with Crippen LogP contribution in [-0.4, -0.2) is 11.3 Å². The predicted octanol–water partition coefficient (Wildman–Crippen LogP) is 8.19. The van der Waals surface area contributed by atoms with E-state index in [4.69, 9.17) is 4.42 Å². The van der Waals surface area contributed by atoms with Crippen LogP contribution < -0.4 is 0 Å². The van der Waals surface area contributed by atoms with Crippen molar-refractivity contribution in [2.45, 2.75) is 39.0 Å². The van der Waals surface area contributed by atoms with Crippen LogP contribution in [0.4, 0.5) is 0 Å². The summed E-state index contributed by atoms with van der Waals surface area (Å²) in [5.41, 5.74) is 7.99. The van der Waals surface area contributed by atoms with Crippen LogP contribution in [0, 0.1) is 18.9 Å². The fourth-order valence-electron chi connectivity index (χ4n) is 5.57. The van der Waals surface area contributed by atoms with E-state index in [1.165, 1.54) is 48.8 Å². The maximum absolute atomic E-state index is 6.70. The van der Waals surface area contributed by atoms with Crippen LogP contribution in [0.2, 0.25) is 0 Å². The number of aryl methyl sites for hydroxylation is 1. The van der Waals surface area contributed by atoms with Crippen molar-refractivity contribution >= 4 is 28.7 Å². The highest BCUT2D eigenvalue weighted by molar-refractivity contribution is 6.11. The summed E-state index contributed by atoms with van der Waals surface area (Å²) in [6.45, 7) is 6.50. The second kappa shape index (κ2) is 8.12. The average molecular weight is 432 g/mol. The number of fused-ring (bicyclic) bond motifs is 3. The van der Waals surface area contributed by atoms with Crippen LogP contribution in [-0.2, 0) is 0 Å². The van der Waals surface area contributed by atoms with Crippen LogP contribution in [0.1, 0.15) is 43.2 Å². The van der Waals surface area contributed by atoms with Crippen molar-refractivity contribution in [3.63, 3.8) is 0 Å². The lowest BCUT2D eigenvalue weighted by molar-refractivity contribution is -0.418. The summed E-state index contributed by atoms with van der Waals surface area (Å²) in [5.74, 6) is 0.651. The van der Waals surface area contributed by atoms with Gasteiger partial charge in [0.1, 0.15) is 0 Å². The van der Waals surface area contributed by atoms with Gasteiger partial charge in [-0.2, -0.15) is 0 Å². The van der Waals surface area contributed by atoms with Gasteiger partial charge in [-0.05, 0) is 23.3 Å². The van der Waals surface area contributed by atoms with Crippen LogP contribution in [0.25, 0.3) is 33.1 Å². The molecule has 2 aliphatic rings. The number of hydrogen-bond donors (Lipinski definition) is 0. The number of para-hydroxylation sites is 1. The Labute approximate surface area is 195 Å². The van der Waals surface area contributed by atoms with E-state index in [0.29, 0.717) is 5.92 Å². The highest BCUT2D eigenvalue weighted by atomic mass is 16.3. The zero-order valence-electron chi connectivity index (χ0n) is 19.2. The Balaban J connectivity index is 1.54. The van der Waals surface area contributed by atoms with E-state index < -0.39 is 0 Å². The summed E-state index contributed by atoms with van der Waals surface area (Å²) in [6.07, 6.45) is 13.3. The number of nitrogens with zero attached hydrogens (tertiary/aromatic N) is 1. The maximum atomic E-state index is 6.70. The molecule has 1 aromatic heterocycles. The average Bonchev–Trinajstić information content (AvgIpc) is 3.24. The van der Waals surface area contributed by atoms with Gasteiger partial charge in [-0.3, -0.25) is 4.42 Å². The summed E-state index contributed by atoms with van der Waals surface area (Å²) in [4.78, 5) is 0. The van der Waals surface area contributed by atoms with Crippen molar-refractivity contribution < 1.29 is 8.99 Å². The minimum Gasteiger partial charge on any atom is -0.336 e. The van der Waals surface area contributed by atoms with Crippen LogP contribution in [0.15, 0.2) is 89.0 Å². The van der Waals surface area contributed by atoms with E-state index >= 15 is 0 Å². The Kier molecular flexibility index (Phi) is 4.95. The number of hydrogen-bond acceptors (Lipinski definition) is 0. The molecule has 0 bridgehead atoms.